The average molecular weight is 221 g/mol. The first kappa shape index (κ1) is 11.8. The predicted octanol–water partition coefficient (Wildman–Crippen LogP) is 2.93. The highest BCUT2D eigenvalue weighted by Gasteiger charge is 2.29. The molecular formula is C14H23NO. The van der Waals surface area contributed by atoms with Crippen molar-refractivity contribution in [2.45, 2.75) is 64.5 Å². The van der Waals surface area contributed by atoms with Crippen molar-refractivity contribution >= 4 is 5.78 Å². The van der Waals surface area contributed by atoms with Gasteiger partial charge in [-0.05, 0) is 39.5 Å². The van der Waals surface area contributed by atoms with Gasteiger partial charge in [0.25, 0.3) is 0 Å². The first-order chi connectivity index (χ1) is 7.66. The molecule has 0 amide bonds. The summed E-state index contributed by atoms with van der Waals surface area (Å²) in [6.07, 6.45) is 9.14. The fraction of sp³-hybridized carbons (Fsp3) is 0.786. The topological polar surface area (TPSA) is 20.3 Å². The van der Waals surface area contributed by atoms with Gasteiger partial charge in [0.2, 0.25) is 0 Å². The molecule has 1 aliphatic carbocycles. The molecule has 0 aromatic carbocycles. The maximum atomic E-state index is 11.5. The molecule has 0 bridgehead atoms. The van der Waals surface area contributed by atoms with Gasteiger partial charge in [-0.1, -0.05) is 11.6 Å². The van der Waals surface area contributed by atoms with E-state index in [1.165, 1.54) is 25.7 Å². The lowest BCUT2D eigenvalue weighted by molar-refractivity contribution is -0.124. The number of likely N-dealkylation sites (tertiary alicyclic amines) is 1. The van der Waals surface area contributed by atoms with E-state index in [-0.39, 0.29) is 0 Å². The molecule has 2 heteroatoms. The van der Waals surface area contributed by atoms with Gasteiger partial charge < -0.3 is 0 Å². The Morgan fingerprint density at radius 2 is 1.94 bits per heavy atom. The lowest BCUT2D eigenvalue weighted by atomic mass is 9.93. The Morgan fingerprint density at radius 3 is 2.50 bits per heavy atom. The Morgan fingerprint density at radius 1 is 1.25 bits per heavy atom. The minimum atomic E-state index is 0.430. The molecule has 2 nitrogen and oxygen atoms in total. The number of allylic oxidation sites excluding steroid dienone is 1. The Balaban J connectivity index is 1.97. The lowest BCUT2D eigenvalue weighted by Crippen LogP contribution is -2.47. The third-order valence-electron chi connectivity index (χ3n) is 3.95. The molecule has 1 unspecified atom stereocenters. The van der Waals surface area contributed by atoms with Crippen molar-refractivity contribution in [3.63, 3.8) is 0 Å². The Hall–Kier alpha value is -0.630. The van der Waals surface area contributed by atoms with Crippen LogP contribution in [0.5, 0.6) is 0 Å². The minimum absolute atomic E-state index is 0.430. The van der Waals surface area contributed by atoms with Gasteiger partial charge in [-0.15, -0.1) is 0 Å². The standard InChI is InChI=1S/C14H23NO/c1-11-8-14(16)9-12(2)15(11)10-13-6-4-3-5-7-13/h6,11-12H,3-5,7-10H2,1-2H3/t11-,12?/m1/s1. The summed E-state index contributed by atoms with van der Waals surface area (Å²) < 4.78 is 0. The van der Waals surface area contributed by atoms with E-state index in [9.17, 15) is 4.79 Å². The molecule has 0 radical (unpaired) electrons. The molecule has 90 valence electrons. The Kier molecular flexibility index (Phi) is 3.80. The number of piperidine rings is 1. The molecule has 0 saturated carbocycles. The smallest absolute Gasteiger partial charge is 0.136 e. The maximum Gasteiger partial charge on any atom is 0.136 e. The first-order valence-corrected chi connectivity index (χ1v) is 6.62. The number of rotatable bonds is 2. The van der Waals surface area contributed by atoms with Gasteiger partial charge in [0.05, 0.1) is 0 Å². The van der Waals surface area contributed by atoms with Crippen LogP contribution in [0.25, 0.3) is 0 Å². The number of ketones is 1. The van der Waals surface area contributed by atoms with Crippen LogP contribution in [0.4, 0.5) is 0 Å². The molecule has 2 atom stereocenters. The van der Waals surface area contributed by atoms with Gasteiger partial charge in [-0.3, -0.25) is 9.69 Å². The van der Waals surface area contributed by atoms with Crippen molar-refractivity contribution in [2.75, 3.05) is 6.54 Å². The second-order valence-corrected chi connectivity index (χ2v) is 5.43. The third-order valence-corrected chi connectivity index (χ3v) is 3.95. The van der Waals surface area contributed by atoms with Crippen LogP contribution in [0.3, 0.4) is 0 Å². The quantitative estimate of drug-likeness (QED) is 0.668. The highest BCUT2D eigenvalue weighted by molar-refractivity contribution is 5.80. The van der Waals surface area contributed by atoms with E-state index < -0.39 is 0 Å². The molecule has 1 heterocycles. The van der Waals surface area contributed by atoms with Crippen LogP contribution in [0.1, 0.15) is 52.4 Å². The fourth-order valence-electron chi connectivity index (χ4n) is 3.01. The van der Waals surface area contributed by atoms with E-state index >= 15 is 0 Å². The number of carbonyl (C=O) groups excluding carboxylic acids is 1. The maximum absolute atomic E-state index is 11.5. The molecule has 16 heavy (non-hydrogen) atoms. The van der Waals surface area contributed by atoms with Crippen molar-refractivity contribution in [3.8, 4) is 0 Å². The van der Waals surface area contributed by atoms with Crippen LogP contribution >= 0.6 is 0 Å². The Labute approximate surface area is 98.7 Å². The molecule has 2 aliphatic rings. The highest BCUT2D eigenvalue weighted by Crippen LogP contribution is 2.25. The largest absolute Gasteiger partial charge is 0.300 e. The first-order valence-electron chi connectivity index (χ1n) is 6.62. The van der Waals surface area contributed by atoms with E-state index in [2.05, 4.69) is 24.8 Å². The molecule has 1 saturated heterocycles. The summed E-state index contributed by atoms with van der Waals surface area (Å²) in [7, 11) is 0. The molecular weight excluding hydrogens is 198 g/mol. The lowest BCUT2D eigenvalue weighted by Gasteiger charge is -2.39. The van der Waals surface area contributed by atoms with Crippen LogP contribution in [-0.2, 0) is 4.79 Å². The third kappa shape index (κ3) is 2.73. The Bertz CT molecular complexity index is 281. The summed E-state index contributed by atoms with van der Waals surface area (Å²) in [5, 5.41) is 0. The zero-order valence-electron chi connectivity index (χ0n) is 10.5. The number of hydrogen-bond acceptors (Lipinski definition) is 2. The number of Topliss-reactive ketones (excluding diaryl/α,β-unsaturated/α-hetero) is 1. The van der Waals surface area contributed by atoms with Gasteiger partial charge in [0.1, 0.15) is 5.78 Å². The van der Waals surface area contributed by atoms with E-state index in [0.29, 0.717) is 17.9 Å². The summed E-state index contributed by atoms with van der Waals surface area (Å²) in [6, 6.07) is 0.859. The number of hydrogen-bond donors (Lipinski definition) is 0. The van der Waals surface area contributed by atoms with E-state index in [1.54, 1.807) is 5.57 Å². The number of carbonyl (C=O) groups is 1. The normalized spacial score (nSPS) is 32.6. The second kappa shape index (κ2) is 5.13. The SMILES string of the molecule is CC1CC(=O)C[C@@H](C)N1CC1=CCCCC1. The van der Waals surface area contributed by atoms with Crippen LogP contribution in [0.15, 0.2) is 11.6 Å². The molecule has 0 spiro atoms. The molecule has 0 N–H and O–H groups in total. The monoisotopic (exact) mass is 221 g/mol. The molecule has 2 rings (SSSR count). The predicted molar refractivity (Wildman–Crippen MR) is 66.4 cm³/mol. The van der Waals surface area contributed by atoms with Gasteiger partial charge in [-0.25, -0.2) is 0 Å². The molecule has 0 aromatic heterocycles. The molecule has 1 aliphatic heterocycles. The highest BCUT2D eigenvalue weighted by atomic mass is 16.1. The van der Waals surface area contributed by atoms with Crippen LogP contribution in [0, 0.1) is 0 Å². The van der Waals surface area contributed by atoms with Crippen molar-refractivity contribution in [1.82, 2.24) is 4.90 Å². The van der Waals surface area contributed by atoms with Crippen molar-refractivity contribution in [1.29, 1.82) is 0 Å². The van der Waals surface area contributed by atoms with E-state index in [1.807, 2.05) is 0 Å². The van der Waals surface area contributed by atoms with Gasteiger partial charge in [0, 0.05) is 31.5 Å². The van der Waals surface area contributed by atoms with E-state index in [4.69, 9.17) is 0 Å². The zero-order chi connectivity index (χ0) is 11.5. The minimum Gasteiger partial charge on any atom is -0.300 e. The van der Waals surface area contributed by atoms with Gasteiger partial charge >= 0.3 is 0 Å². The summed E-state index contributed by atoms with van der Waals surface area (Å²) in [6.45, 7) is 5.48. The van der Waals surface area contributed by atoms with E-state index in [0.717, 1.165) is 19.4 Å². The van der Waals surface area contributed by atoms with Gasteiger partial charge in [0.15, 0.2) is 0 Å². The average Bonchev–Trinajstić information content (AvgIpc) is 2.25. The molecule has 1 fully saturated rings. The summed E-state index contributed by atoms with van der Waals surface area (Å²) in [5.74, 6) is 0.439. The molecule has 0 aromatic rings. The summed E-state index contributed by atoms with van der Waals surface area (Å²) >= 11 is 0. The van der Waals surface area contributed by atoms with Crippen LogP contribution in [0.2, 0.25) is 0 Å². The van der Waals surface area contributed by atoms with Crippen molar-refractivity contribution in [3.05, 3.63) is 11.6 Å². The van der Waals surface area contributed by atoms with Crippen molar-refractivity contribution < 1.29 is 4.79 Å². The van der Waals surface area contributed by atoms with Crippen LogP contribution in [-0.4, -0.2) is 29.3 Å². The van der Waals surface area contributed by atoms with Crippen molar-refractivity contribution in [2.24, 2.45) is 0 Å². The zero-order valence-corrected chi connectivity index (χ0v) is 10.5. The van der Waals surface area contributed by atoms with Gasteiger partial charge in [-0.2, -0.15) is 0 Å². The fourth-order valence-corrected chi connectivity index (χ4v) is 3.01. The van der Waals surface area contributed by atoms with Crippen LogP contribution < -0.4 is 0 Å². The number of nitrogens with zero attached hydrogens (tertiary/aromatic N) is 1. The summed E-state index contributed by atoms with van der Waals surface area (Å²) in [4.78, 5) is 14.0. The second-order valence-electron chi connectivity index (χ2n) is 5.43. The summed E-state index contributed by atoms with van der Waals surface area (Å²) in [5.41, 5.74) is 1.60.